The lowest BCUT2D eigenvalue weighted by molar-refractivity contribution is 0.449. The van der Waals surface area contributed by atoms with Crippen LogP contribution < -0.4 is 9.47 Å². The number of hydrogen-bond donors (Lipinski definition) is 0. The Balaban J connectivity index is 1.21. The summed E-state index contributed by atoms with van der Waals surface area (Å²) in [6.07, 6.45) is 3.66. The van der Waals surface area contributed by atoms with E-state index in [9.17, 15) is 0 Å². The lowest BCUT2D eigenvalue weighted by Crippen LogP contribution is -1.90. The van der Waals surface area contributed by atoms with E-state index in [-0.39, 0.29) is 0 Å². The Kier molecular flexibility index (Phi) is 5.83. The Hall–Kier alpha value is -4.96. The van der Waals surface area contributed by atoms with Gasteiger partial charge in [0.05, 0.1) is 5.69 Å². The van der Waals surface area contributed by atoms with Crippen LogP contribution in [0.5, 0.6) is 23.1 Å². The van der Waals surface area contributed by atoms with Crippen LogP contribution in [0.2, 0.25) is 0 Å². The van der Waals surface area contributed by atoms with E-state index in [1.54, 1.807) is 6.20 Å². The average molecular weight is 467 g/mol. The first-order chi connectivity index (χ1) is 17.8. The van der Waals surface area contributed by atoms with E-state index in [1.165, 1.54) is 0 Å². The highest BCUT2D eigenvalue weighted by Gasteiger charge is 2.07. The summed E-state index contributed by atoms with van der Waals surface area (Å²) in [5, 5.41) is 2.28. The number of pyridine rings is 2. The largest absolute Gasteiger partial charge is 0.457 e. The minimum Gasteiger partial charge on any atom is -0.457 e. The monoisotopic (exact) mass is 466 g/mol. The van der Waals surface area contributed by atoms with Gasteiger partial charge in [0.1, 0.15) is 17.2 Å². The summed E-state index contributed by atoms with van der Waals surface area (Å²) < 4.78 is 12.2. The summed E-state index contributed by atoms with van der Waals surface area (Å²) >= 11 is 0. The topological polar surface area (TPSA) is 44.2 Å². The number of hydrogen-bond acceptors (Lipinski definition) is 4. The Morgan fingerprint density at radius 1 is 0.444 bits per heavy atom. The SMILES string of the molecule is c1ccc(-c2ccnc(Oc3cccc(Oc4cccc(-c5cc6ccccc6cn5)c4)c3)c2)cc1. The molecule has 0 saturated heterocycles. The number of ether oxygens (including phenoxy) is 2. The van der Waals surface area contributed by atoms with Gasteiger partial charge in [0, 0.05) is 35.5 Å². The molecule has 0 aliphatic carbocycles. The van der Waals surface area contributed by atoms with E-state index < -0.39 is 0 Å². The Morgan fingerprint density at radius 2 is 1.14 bits per heavy atom. The smallest absolute Gasteiger partial charge is 0.219 e. The second kappa shape index (κ2) is 9.72. The summed E-state index contributed by atoms with van der Waals surface area (Å²) in [6.45, 7) is 0. The van der Waals surface area contributed by atoms with Gasteiger partial charge in [-0.15, -0.1) is 0 Å². The number of benzene rings is 4. The van der Waals surface area contributed by atoms with Crippen LogP contribution in [-0.4, -0.2) is 9.97 Å². The summed E-state index contributed by atoms with van der Waals surface area (Å²) in [4.78, 5) is 9.00. The average Bonchev–Trinajstić information content (AvgIpc) is 2.94. The van der Waals surface area contributed by atoms with Gasteiger partial charge in [-0.3, -0.25) is 4.98 Å². The molecule has 6 aromatic rings. The van der Waals surface area contributed by atoms with Gasteiger partial charge in [-0.2, -0.15) is 0 Å². The third kappa shape index (κ3) is 4.79. The predicted molar refractivity (Wildman–Crippen MR) is 143 cm³/mol. The molecule has 4 aromatic carbocycles. The third-order valence-electron chi connectivity index (χ3n) is 5.87. The van der Waals surface area contributed by atoms with Crippen LogP contribution in [0.4, 0.5) is 0 Å². The van der Waals surface area contributed by atoms with Gasteiger partial charge in [-0.1, -0.05) is 72.8 Å². The molecule has 4 heteroatoms. The maximum atomic E-state index is 6.17. The molecule has 0 unspecified atom stereocenters. The molecule has 36 heavy (non-hydrogen) atoms. The van der Waals surface area contributed by atoms with Gasteiger partial charge >= 0.3 is 0 Å². The molecule has 2 heterocycles. The van der Waals surface area contributed by atoms with Crippen LogP contribution in [0.1, 0.15) is 0 Å². The van der Waals surface area contributed by atoms with Gasteiger partial charge < -0.3 is 9.47 Å². The first-order valence-electron chi connectivity index (χ1n) is 11.7. The normalized spacial score (nSPS) is 10.8. The molecule has 0 atom stereocenters. The molecule has 0 aliphatic heterocycles. The van der Waals surface area contributed by atoms with Crippen molar-refractivity contribution in [2.24, 2.45) is 0 Å². The number of nitrogens with zero attached hydrogens (tertiary/aromatic N) is 2. The van der Waals surface area contributed by atoms with E-state index in [1.807, 2.05) is 97.2 Å². The predicted octanol–water partition coefficient (Wildman–Crippen LogP) is 8.55. The van der Waals surface area contributed by atoms with Crippen molar-refractivity contribution in [3.63, 3.8) is 0 Å². The van der Waals surface area contributed by atoms with Gasteiger partial charge in [-0.05, 0) is 52.9 Å². The minimum absolute atomic E-state index is 0.526. The van der Waals surface area contributed by atoms with Crippen molar-refractivity contribution in [3.8, 4) is 45.5 Å². The zero-order chi connectivity index (χ0) is 24.2. The Bertz CT molecular complexity index is 1650. The molecule has 0 amide bonds. The van der Waals surface area contributed by atoms with Crippen LogP contribution in [0, 0.1) is 0 Å². The zero-order valence-corrected chi connectivity index (χ0v) is 19.4. The van der Waals surface area contributed by atoms with E-state index in [0.717, 1.165) is 38.9 Å². The maximum absolute atomic E-state index is 6.17. The standard InChI is InChI=1S/C32H22N2O2/c1-2-8-23(9-3-1)25-16-17-33-32(20-25)36-30-15-7-14-29(21-30)35-28-13-6-12-26(18-28)31-19-24-10-4-5-11-27(24)22-34-31/h1-22H. The second-order valence-electron chi connectivity index (χ2n) is 8.37. The lowest BCUT2D eigenvalue weighted by Gasteiger charge is -2.11. The molecule has 4 nitrogen and oxygen atoms in total. The second-order valence-corrected chi connectivity index (χ2v) is 8.37. The van der Waals surface area contributed by atoms with Gasteiger partial charge in [-0.25, -0.2) is 4.98 Å². The molecule has 6 rings (SSSR count). The van der Waals surface area contributed by atoms with E-state index in [0.29, 0.717) is 17.4 Å². The third-order valence-corrected chi connectivity index (χ3v) is 5.87. The molecule has 0 spiro atoms. The van der Waals surface area contributed by atoms with Crippen molar-refractivity contribution >= 4 is 10.8 Å². The van der Waals surface area contributed by atoms with Crippen molar-refractivity contribution in [1.29, 1.82) is 0 Å². The fourth-order valence-electron chi connectivity index (χ4n) is 4.09. The lowest BCUT2D eigenvalue weighted by atomic mass is 10.1. The van der Waals surface area contributed by atoms with Crippen molar-refractivity contribution in [2.45, 2.75) is 0 Å². The summed E-state index contributed by atoms with van der Waals surface area (Å²) in [6, 6.07) is 39.9. The highest BCUT2D eigenvalue weighted by molar-refractivity contribution is 5.85. The van der Waals surface area contributed by atoms with Crippen LogP contribution in [-0.2, 0) is 0 Å². The van der Waals surface area contributed by atoms with Crippen molar-refractivity contribution in [2.75, 3.05) is 0 Å². The van der Waals surface area contributed by atoms with Gasteiger partial charge in [0.15, 0.2) is 0 Å². The highest BCUT2D eigenvalue weighted by atomic mass is 16.5. The number of fused-ring (bicyclic) bond motifs is 1. The van der Waals surface area contributed by atoms with Crippen molar-refractivity contribution in [3.05, 3.63) is 134 Å². The Morgan fingerprint density at radius 3 is 2.00 bits per heavy atom. The Labute approximate surface area is 209 Å². The summed E-state index contributed by atoms with van der Waals surface area (Å²) in [7, 11) is 0. The molecule has 0 N–H and O–H groups in total. The van der Waals surface area contributed by atoms with Gasteiger partial charge in [0.2, 0.25) is 5.88 Å². The fraction of sp³-hybridized carbons (Fsp3) is 0. The van der Waals surface area contributed by atoms with Crippen LogP contribution in [0.15, 0.2) is 134 Å². The first-order valence-corrected chi connectivity index (χ1v) is 11.7. The quantitative estimate of drug-likeness (QED) is 0.247. The molecule has 0 aliphatic rings. The number of aromatic nitrogens is 2. The van der Waals surface area contributed by atoms with E-state index in [4.69, 9.17) is 9.47 Å². The molecule has 0 bridgehead atoms. The molecule has 0 saturated carbocycles. The highest BCUT2D eigenvalue weighted by Crippen LogP contribution is 2.31. The van der Waals surface area contributed by atoms with Gasteiger partial charge in [0.25, 0.3) is 0 Å². The minimum atomic E-state index is 0.526. The molecule has 2 aromatic heterocycles. The molecular weight excluding hydrogens is 444 g/mol. The van der Waals surface area contributed by atoms with E-state index in [2.05, 4.69) is 40.3 Å². The van der Waals surface area contributed by atoms with E-state index >= 15 is 0 Å². The number of rotatable bonds is 6. The summed E-state index contributed by atoms with van der Waals surface area (Å²) in [5.41, 5.74) is 4.06. The summed E-state index contributed by atoms with van der Waals surface area (Å²) in [5.74, 6) is 2.58. The van der Waals surface area contributed by atoms with Crippen LogP contribution in [0.25, 0.3) is 33.2 Å². The van der Waals surface area contributed by atoms with Crippen LogP contribution in [0.3, 0.4) is 0 Å². The zero-order valence-electron chi connectivity index (χ0n) is 19.4. The maximum Gasteiger partial charge on any atom is 0.219 e. The molecule has 172 valence electrons. The van der Waals surface area contributed by atoms with Crippen molar-refractivity contribution < 1.29 is 9.47 Å². The molecule has 0 radical (unpaired) electrons. The molecule has 0 fully saturated rings. The fourth-order valence-corrected chi connectivity index (χ4v) is 4.09. The molecular formula is C32H22N2O2. The van der Waals surface area contributed by atoms with Crippen molar-refractivity contribution in [1.82, 2.24) is 9.97 Å². The first kappa shape index (κ1) is 21.6. The van der Waals surface area contributed by atoms with Crippen LogP contribution >= 0.6 is 0 Å².